The molecule has 2 aromatic heterocycles. The number of fused-ring (bicyclic) bond motifs is 1. The van der Waals surface area contributed by atoms with Gasteiger partial charge in [-0.25, -0.2) is 4.39 Å². The van der Waals surface area contributed by atoms with Crippen LogP contribution in [0.2, 0.25) is 0 Å². The predicted octanol–water partition coefficient (Wildman–Crippen LogP) is 3.13. The number of aromatic nitrogens is 3. The molecule has 33 heavy (non-hydrogen) atoms. The minimum absolute atomic E-state index is 0.120. The average molecular weight is 439 g/mol. The Morgan fingerprint density at radius 3 is 2.27 bits per heavy atom. The van der Waals surface area contributed by atoms with Crippen molar-refractivity contribution in [2.24, 2.45) is 0 Å². The highest BCUT2D eigenvalue weighted by molar-refractivity contribution is 5.88. The largest absolute Gasteiger partial charge is 0.457 e. The summed E-state index contributed by atoms with van der Waals surface area (Å²) in [6, 6.07) is 20.4. The van der Waals surface area contributed by atoms with Crippen LogP contribution in [0.15, 0.2) is 88.6 Å². The van der Waals surface area contributed by atoms with Crippen LogP contribution in [0.1, 0.15) is 11.1 Å². The molecule has 3 N–H and O–H groups in total. The lowest BCUT2D eigenvalue weighted by molar-refractivity contribution is 0.480. The molecule has 0 aliphatic rings. The van der Waals surface area contributed by atoms with Gasteiger partial charge in [0.25, 0.3) is 11.1 Å². The van der Waals surface area contributed by atoms with Crippen molar-refractivity contribution in [3.05, 3.63) is 127 Å². The zero-order valence-electron chi connectivity index (χ0n) is 17.3. The van der Waals surface area contributed by atoms with E-state index < -0.39 is 11.1 Å². The molecule has 162 valence electrons. The third-order valence-electron chi connectivity index (χ3n) is 5.13. The summed E-state index contributed by atoms with van der Waals surface area (Å²) in [4.78, 5) is 33.7. The van der Waals surface area contributed by atoms with Crippen molar-refractivity contribution < 1.29 is 9.13 Å². The average Bonchev–Trinajstić information content (AvgIpc) is 3.22. The molecule has 3 aromatic carbocycles. The summed E-state index contributed by atoms with van der Waals surface area (Å²) >= 11 is 0. The number of H-pyrrole nitrogens is 3. The lowest BCUT2D eigenvalue weighted by atomic mass is 10.1. The second-order valence-electron chi connectivity index (χ2n) is 7.44. The van der Waals surface area contributed by atoms with Crippen LogP contribution in [0.3, 0.4) is 0 Å². The van der Waals surface area contributed by atoms with Crippen LogP contribution in [0.4, 0.5) is 4.39 Å². The van der Waals surface area contributed by atoms with Crippen molar-refractivity contribution in [1.82, 2.24) is 15.0 Å². The molecule has 0 fully saturated rings. The zero-order chi connectivity index (χ0) is 22.8. The summed E-state index contributed by atoms with van der Waals surface area (Å²) in [5, 5.41) is 1.23. The fourth-order valence-electron chi connectivity index (χ4n) is 3.54. The third-order valence-corrected chi connectivity index (χ3v) is 5.13. The van der Waals surface area contributed by atoms with E-state index in [1.807, 2.05) is 24.3 Å². The van der Waals surface area contributed by atoms with Crippen LogP contribution in [-0.4, -0.2) is 15.0 Å². The van der Waals surface area contributed by atoms with Crippen molar-refractivity contribution in [3.63, 3.8) is 0 Å². The van der Waals surface area contributed by atoms with Crippen LogP contribution in [0, 0.1) is 5.82 Å². The van der Waals surface area contributed by atoms with Crippen LogP contribution in [0.25, 0.3) is 23.1 Å². The molecule has 0 amide bonds. The van der Waals surface area contributed by atoms with E-state index in [2.05, 4.69) is 15.0 Å². The Kier molecular flexibility index (Phi) is 5.20. The first-order valence-corrected chi connectivity index (χ1v) is 10.2. The zero-order valence-corrected chi connectivity index (χ0v) is 17.3. The summed E-state index contributed by atoms with van der Waals surface area (Å²) in [7, 11) is 0. The van der Waals surface area contributed by atoms with Crippen molar-refractivity contribution in [1.29, 1.82) is 0 Å². The molecule has 0 bridgehead atoms. The van der Waals surface area contributed by atoms with Gasteiger partial charge in [0, 0.05) is 22.7 Å². The molecule has 0 saturated heterocycles. The molecule has 0 spiro atoms. The number of nitrogens with one attached hydrogen (secondary N) is 3. The Balaban J connectivity index is 1.50. The van der Waals surface area contributed by atoms with Gasteiger partial charge in [-0.3, -0.25) is 9.59 Å². The van der Waals surface area contributed by atoms with E-state index in [0.29, 0.717) is 17.1 Å². The van der Waals surface area contributed by atoms with E-state index in [4.69, 9.17) is 4.74 Å². The quantitative estimate of drug-likeness (QED) is 0.402. The SMILES string of the molecule is O=c1[nH]/c(=C\c2c[nH]c3ccccc23)c(=O)[nH]/c1=C\c1cccc(Oc2ccc(F)cc2)c1. The van der Waals surface area contributed by atoms with Crippen molar-refractivity contribution in [3.8, 4) is 11.5 Å². The number of halogens is 1. The number of benzene rings is 3. The second-order valence-corrected chi connectivity index (χ2v) is 7.44. The third kappa shape index (κ3) is 4.38. The monoisotopic (exact) mass is 439 g/mol. The lowest BCUT2D eigenvalue weighted by Crippen LogP contribution is -2.46. The van der Waals surface area contributed by atoms with E-state index in [0.717, 1.165) is 16.5 Å². The van der Waals surface area contributed by atoms with Crippen LogP contribution < -0.4 is 26.6 Å². The number of aromatic amines is 3. The van der Waals surface area contributed by atoms with Crippen molar-refractivity contribution >= 4 is 23.1 Å². The Bertz CT molecular complexity index is 1700. The number of hydrogen-bond acceptors (Lipinski definition) is 3. The van der Waals surface area contributed by atoms with E-state index >= 15 is 0 Å². The molecule has 0 radical (unpaired) electrons. The Hall–Kier alpha value is -4.65. The van der Waals surface area contributed by atoms with Gasteiger partial charge in [-0.05, 0) is 60.2 Å². The molecule has 7 heteroatoms. The predicted molar refractivity (Wildman–Crippen MR) is 125 cm³/mol. The molecule has 5 aromatic rings. The summed E-state index contributed by atoms with van der Waals surface area (Å²) in [5.41, 5.74) is 1.56. The summed E-state index contributed by atoms with van der Waals surface area (Å²) in [5.74, 6) is 0.647. The molecular weight excluding hydrogens is 421 g/mol. The van der Waals surface area contributed by atoms with Crippen molar-refractivity contribution in [2.75, 3.05) is 0 Å². The molecule has 0 saturated carbocycles. The van der Waals surface area contributed by atoms with Gasteiger partial charge in [0.1, 0.15) is 28.0 Å². The van der Waals surface area contributed by atoms with Crippen LogP contribution >= 0.6 is 0 Å². The molecule has 0 unspecified atom stereocenters. The van der Waals surface area contributed by atoms with Gasteiger partial charge >= 0.3 is 0 Å². The highest BCUT2D eigenvalue weighted by Gasteiger charge is 2.03. The number of hydrogen-bond donors (Lipinski definition) is 3. The Morgan fingerprint density at radius 2 is 1.48 bits per heavy atom. The van der Waals surface area contributed by atoms with Gasteiger partial charge in [0.05, 0.1) is 0 Å². The van der Waals surface area contributed by atoms with E-state index in [-0.39, 0.29) is 16.5 Å². The van der Waals surface area contributed by atoms with Gasteiger partial charge in [-0.1, -0.05) is 30.3 Å². The minimum Gasteiger partial charge on any atom is -0.457 e. The smallest absolute Gasteiger partial charge is 0.272 e. The van der Waals surface area contributed by atoms with E-state index in [9.17, 15) is 14.0 Å². The Labute approximate surface area is 186 Å². The first-order valence-electron chi connectivity index (χ1n) is 10.2. The molecule has 6 nitrogen and oxygen atoms in total. The van der Waals surface area contributed by atoms with Gasteiger partial charge in [-0.15, -0.1) is 0 Å². The standard InChI is InChI=1S/C26H18FN3O3/c27-18-8-10-19(11-9-18)33-20-5-3-4-16(12-20)13-23-25(31)30-24(26(32)29-23)14-17-15-28-22-7-2-1-6-21(17)22/h1-15,28H,(H,29,32)(H,30,31)/b23-13-,24-14-. The molecule has 2 heterocycles. The topological polar surface area (TPSA) is 90.7 Å². The molecule has 0 aliphatic heterocycles. The fraction of sp³-hybridized carbons (Fsp3) is 0. The molecular formula is C26H18FN3O3. The summed E-state index contributed by atoms with van der Waals surface area (Å²) in [6.07, 6.45) is 4.99. The maximum atomic E-state index is 13.1. The van der Waals surface area contributed by atoms with Gasteiger partial charge < -0.3 is 19.7 Å². The van der Waals surface area contributed by atoms with Crippen LogP contribution in [-0.2, 0) is 0 Å². The molecule has 0 aliphatic carbocycles. The Morgan fingerprint density at radius 1 is 0.758 bits per heavy atom. The lowest BCUT2D eigenvalue weighted by Gasteiger charge is -2.06. The van der Waals surface area contributed by atoms with Gasteiger partial charge in [-0.2, -0.15) is 0 Å². The highest BCUT2D eigenvalue weighted by atomic mass is 19.1. The van der Waals surface area contributed by atoms with Crippen LogP contribution in [0.5, 0.6) is 11.5 Å². The number of ether oxygens (including phenoxy) is 1. The highest BCUT2D eigenvalue weighted by Crippen LogP contribution is 2.22. The molecule has 5 rings (SSSR count). The minimum atomic E-state index is -0.425. The molecule has 0 atom stereocenters. The fourth-order valence-corrected chi connectivity index (χ4v) is 3.54. The summed E-state index contributed by atoms with van der Waals surface area (Å²) < 4.78 is 18.8. The number of rotatable bonds is 4. The first kappa shape index (κ1) is 20.3. The summed E-state index contributed by atoms with van der Waals surface area (Å²) in [6.45, 7) is 0. The van der Waals surface area contributed by atoms with Gasteiger partial charge in [0.15, 0.2) is 0 Å². The van der Waals surface area contributed by atoms with E-state index in [1.165, 1.54) is 24.3 Å². The first-order chi connectivity index (χ1) is 16.0. The van der Waals surface area contributed by atoms with Crippen molar-refractivity contribution in [2.45, 2.75) is 0 Å². The maximum Gasteiger partial charge on any atom is 0.272 e. The van der Waals surface area contributed by atoms with Gasteiger partial charge in [0.2, 0.25) is 0 Å². The second kappa shape index (κ2) is 8.47. The normalized spacial score (nSPS) is 12.4. The maximum absolute atomic E-state index is 13.1. The van der Waals surface area contributed by atoms with E-state index in [1.54, 1.807) is 42.6 Å². The number of para-hydroxylation sites is 1.